The minimum absolute atomic E-state index is 0.0545. The zero-order valence-electron chi connectivity index (χ0n) is 14.4. The number of aromatic nitrogens is 1. The van der Waals surface area contributed by atoms with E-state index >= 15 is 0 Å². The number of para-hydroxylation sites is 1. The van der Waals surface area contributed by atoms with Gasteiger partial charge in [0.25, 0.3) is 0 Å². The molecule has 1 saturated heterocycles. The smallest absolute Gasteiger partial charge is 0.166 e. The summed E-state index contributed by atoms with van der Waals surface area (Å²) in [5.41, 5.74) is 1.14. The summed E-state index contributed by atoms with van der Waals surface area (Å²) in [5.74, 6) is 1.62. The van der Waals surface area contributed by atoms with Gasteiger partial charge in [0.15, 0.2) is 11.5 Å². The van der Waals surface area contributed by atoms with E-state index in [0.29, 0.717) is 6.61 Å². The van der Waals surface area contributed by atoms with Crippen molar-refractivity contribution in [2.75, 3.05) is 26.8 Å². The maximum atomic E-state index is 6.01. The molecule has 0 spiro atoms. The molecule has 0 radical (unpaired) electrons. The molecular formula is C18H24N2O3S. The Hall–Kier alpha value is -1.63. The number of rotatable bonds is 6. The molecule has 0 unspecified atom stereocenters. The Labute approximate surface area is 147 Å². The standard InChI is InChI=1S/C18H24N2O3S/c1-13(2)23-17-14(5-4-6-15(17)21-3)11-20-8-9-22-16(12-20)18-19-7-10-24-18/h4-7,10,13,16H,8-9,11-12H2,1-3H3/t16-/m0/s1. The van der Waals surface area contributed by atoms with Crippen molar-refractivity contribution in [3.63, 3.8) is 0 Å². The molecule has 5 nitrogen and oxygen atoms in total. The lowest BCUT2D eigenvalue weighted by molar-refractivity contribution is -0.0332. The van der Waals surface area contributed by atoms with Crippen LogP contribution in [0.3, 0.4) is 0 Å². The van der Waals surface area contributed by atoms with Crippen molar-refractivity contribution in [2.45, 2.75) is 32.6 Å². The third kappa shape index (κ3) is 4.06. The number of benzene rings is 1. The molecule has 130 valence electrons. The van der Waals surface area contributed by atoms with Gasteiger partial charge in [0, 0.05) is 36.8 Å². The van der Waals surface area contributed by atoms with Crippen LogP contribution < -0.4 is 9.47 Å². The second-order valence-corrected chi connectivity index (χ2v) is 7.01. The van der Waals surface area contributed by atoms with E-state index in [-0.39, 0.29) is 12.2 Å². The van der Waals surface area contributed by atoms with E-state index in [1.807, 2.05) is 37.6 Å². The van der Waals surface area contributed by atoms with Crippen molar-refractivity contribution < 1.29 is 14.2 Å². The van der Waals surface area contributed by atoms with Crippen LogP contribution in [0.5, 0.6) is 11.5 Å². The average molecular weight is 348 g/mol. The molecule has 6 heteroatoms. The van der Waals surface area contributed by atoms with Gasteiger partial charge in [-0.15, -0.1) is 11.3 Å². The van der Waals surface area contributed by atoms with Crippen LogP contribution in [0.25, 0.3) is 0 Å². The minimum atomic E-state index is 0.0545. The predicted molar refractivity (Wildman–Crippen MR) is 94.8 cm³/mol. The van der Waals surface area contributed by atoms with Crippen molar-refractivity contribution >= 4 is 11.3 Å². The summed E-state index contributed by atoms with van der Waals surface area (Å²) in [6.07, 6.45) is 1.99. The highest BCUT2D eigenvalue weighted by atomic mass is 32.1. The first-order valence-corrected chi connectivity index (χ1v) is 9.11. The van der Waals surface area contributed by atoms with Crippen LogP contribution in [0.15, 0.2) is 29.8 Å². The van der Waals surface area contributed by atoms with Gasteiger partial charge in [-0.05, 0) is 19.9 Å². The number of hydrogen-bond donors (Lipinski definition) is 0. The fraction of sp³-hybridized carbons (Fsp3) is 0.500. The molecule has 1 aromatic carbocycles. The Morgan fingerprint density at radius 1 is 1.42 bits per heavy atom. The molecule has 2 heterocycles. The van der Waals surface area contributed by atoms with Crippen molar-refractivity contribution in [1.29, 1.82) is 0 Å². The lowest BCUT2D eigenvalue weighted by Gasteiger charge is -2.32. The lowest BCUT2D eigenvalue weighted by Crippen LogP contribution is -2.37. The average Bonchev–Trinajstić information content (AvgIpc) is 3.11. The monoisotopic (exact) mass is 348 g/mol. The van der Waals surface area contributed by atoms with Crippen LogP contribution in [0.1, 0.15) is 30.5 Å². The number of thiazole rings is 1. The highest BCUT2D eigenvalue weighted by molar-refractivity contribution is 7.09. The first kappa shape index (κ1) is 17.2. The van der Waals surface area contributed by atoms with E-state index in [2.05, 4.69) is 16.0 Å². The zero-order chi connectivity index (χ0) is 16.9. The third-order valence-corrected chi connectivity index (χ3v) is 4.77. The number of nitrogens with zero attached hydrogens (tertiary/aromatic N) is 2. The van der Waals surface area contributed by atoms with Gasteiger partial charge in [-0.3, -0.25) is 4.90 Å². The highest BCUT2D eigenvalue weighted by Crippen LogP contribution is 2.34. The van der Waals surface area contributed by atoms with E-state index in [1.165, 1.54) is 0 Å². The zero-order valence-corrected chi connectivity index (χ0v) is 15.2. The van der Waals surface area contributed by atoms with Gasteiger partial charge in [-0.25, -0.2) is 4.98 Å². The summed E-state index contributed by atoms with van der Waals surface area (Å²) < 4.78 is 17.4. The van der Waals surface area contributed by atoms with Gasteiger partial charge in [-0.2, -0.15) is 0 Å². The maximum absolute atomic E-state index is 6.01. The Morgan fingerprint density at radius 2 is 2.29 bits per heavy atom. The quantitative estimate of drug-likeness (QED) is 0.799. The third-order valence-electron chi connectivity index (χ3n) is 3.91. The topological polar surface area (TPSA) is 43.8 Å². The molecule has 1 aliphatic rings. The number of hydrogen-bond acceptors (Lipinski definition) is 6. The summed E-state index contributed by atoms with van der Waals surface area (Å²) in [6, 6.07) is 6.06. The minimum Gasteiger partial charge on any atom is -0.493 e. The van der Waals surface area contributed by atoms with Crippen molar-refractivity contribution in [3.05, 3.63) is 40.3 Å². The molecular weight excluding hydrogens is 324 g/mol. The molecule has 1 aromatic heterocycles. The molecule has 0 saturated carbocycles. The fourth-order valence-corrected chi connectivity index (χ4v) is 3.52. The normalized spacial score (nSPS) is 18.8. The van der Waals surface area contributed by atoms with Gasteiger partial charge < -0.3 is 14.2 Å². The lowest BCUT2D eigenvalue weighted by atomic mass is 10.1. The largest absolute Gasteiger partial charge is 0.493 e. The molecule has 2 aromatic rings. The van der Waals surface area contributed by atoms with Crippen LogP contribution in [0, 0.1) is 0 Å². The maximum Gasteiger partial charge on any atom is 0.166 e. The molecule has 0 amide bonds. The van der Waals surface area contributed by atoms with Crippen LogP contribution in [-0.4, -0.2) is 42.8 Å². The first-order chi connectivity index (χ1) is 11.7. The van der Waals surface area contributed by atoms with E-state index in [4.69, 9.17) is 14.2 Å². The van der Waals surface area contributed by atoms with Crippen LogP contribution in [-0.2, 0) is 11.3 Å². The Bertz CT molecular complexity index is 646. The van der Waals surface area contributed by atoms with Crippen molar-refractivity contribution in [3.8, 4) is 11.5 Å². The van der Waals surface area contributed by atoms with E-state index in [9.17, 15) is 0 Å². The molecule has 3 rings (SSSR count). The summed E-state index contributed by atoms with van der Waals surface area (Å²) in [4.78, 5) is 6.77. The van der Waals surface area contributed by atoms with Crippen molar-refractivity contribution in [2.24, 2.45) is 0 Å². The second-order valence-electron chi connectivity index (χ2n) is 6.08. The number of methoxy groups -OCH3 is 1. The molecule has 1 aliphatic heterocycles. The Balaban J connectivity index is 1.75. The van der Waals surface area contributed by atoms with E-state index in [1.54, 1.807) is 18.4 Å². The van der Waals surface area contributed by atoms with Gasteiger partial charge in [-0.1, -0.05) is 12.1 Å². The molecule has 0 aliphatic carbocycles. The SMILES string of the molecule is COc1cccc(CN2CCO[C@H](c3nccs3)C2)c1OC(C)C. The summed E-state index contributed by atoms with van der Waals surface area (Å²) in [7, 11) is 1.68. The molecule has 1 atom stereocenters. The summed E-state index contributed by atoms with van der Waals surface area (Å²) >= 11 is 1.65. The summed E-state index contributed by atoms with van der Waals surface area (Å²) in [6.45, 7) is 7.33. The van der Waals surface area contributed by atoms with Gasteiger partial charge in [0.05, 0.1) is 19.8 Å². The highest BCUT2D eigenvalue weighted by Gasteiger charge is 2.25. The van der Waals surface area contributed by atoms with Gasteiger partial charge in [0.1, 0.15) is 11.1 Å². The molecule has 0 N–H and O–H groups in total. The Morgan fingerprint density at radius 3 is 3.00 bits per heavy atom. The predicted octanol–water partition coefficient (Wildman–Crippen LogP) is 3.51. The number of morpholine rings is 1. The van der Waals surface area contributed by atoms with E-state index in [0.717, 1.165) is 41.7 Å². The second kappa shape index (κ2) is 7.96. The molecule has 1 fully saturated rings. The van der Waals surface area contributed by atoms with Crippen LogP contribution in [0.4, 0.5) is 0 Å². The van der Waals surface area contributed by atoms with Crippen LogP contribution in [0.2, 0.25) is 0 Å². The van der Waals surface area contributed by atoms with Crippen molar-refractivity contribution in [1.82, 2.24) is 9.88 Å². The van der Waals surface area contributed by atoms with Gasteiger partial charge in [0.2, 0.25) is 0 Å². The fourth-order valence-electron chi connectivity index (χ4n) is 2.85. The first-order valence-electron chi connectivity index (χ1n) is 8.23. The Kier molecular flexibility index (Phi) is 5.71. The van der Waals surface area contributed by atoms with E-state index < -0.39 is 0 Å². The van der Waals surface area contributed by atoms with Crippen LogP contribution >= 0.6 is 11.3 Å². The number of ether oxygens (including phenoxy) is 3. The summed E-state index contributed by atoms with van der Waals surface area (Å²) in [5, 5.41) is 3.04. The van der Waals surface area contributed by atoms with Gasteiger partial charge >= 0.3 is 0 Å². The molecule has 0 bridgehead atoms. The molecule has 24 heavy (non-hydrogen) atoms.